The third-order valence-corrected chi connectivity index (χ3v) is 2.24. The van der Waals surface area contributed by atoms with Crippen LogP contribution in [-0.4, -0.2) is 15.9 Å². The van der Waals surface area contributed by atoms with Crippen LogP contribution in [0.4, 0.5) is 0 Å². The van der Waals surface area contributed by atoms with Crippen LogP contribution in [0.15, 0.2) is 36.7 Å². The van der Waals surface area contributed by atoms with Crippen LogP contribution in [0.1, 0.15) is 13.8 Å². The van der Waals surface area contributed by atoms with Crippen LogP contribution in [0.5, 0.6) is 5.75 Å². The molecule has 0 saturated heterocycles. The zero-order chi connectivity index (χ0) is 11.5. The van der Waals surface area contributed by atoms with Crippen molar-refractivity contribution >= 4 is 11.6 Å². The standard InChI is InChI=1S/C12H13ClN2O/c1-9(2)16-12-7-14-15(8-12)11-5-3-4-10(13)6-11/h3-9H,1-2H3. The second kappa shape index (κ2) is 4.58. The van der Waals surface area contributed by atoms with Crippen molar-refractivity contribution in [3.05, 3.63) is 41.7 Å². The van der Waals surface area contributed by atoms with Gasteiger partial charge in [-0.1, -0.05) is 17.7 Å². The van der Waals surface area contributed by atoms with E-state index >= 15 is 0 Å². The molecule has 0 fully saturated rings. The maximum Gasteiger partial charge on any atom is 0.158 e. The van der Waals surface area contributed by atoms with Crippen molar-refractivity contribution in [1.29, 1.82) is 0 Å². The smallest absolute Gasteiger partial charge is 0.158 e. The predicted octanol–water partition coefficient (Wildman–Crippen LogP) is 3.31. The van der Waals surface area contributed by atoms with Crippen LogP contribution in [-0.2, 0) is 0 Å². The first-order chi connectivity index (χ1) is 7.65. The maximum atomic E-state index is 5.91. The number of aromatic nitrogens is 2. The van der Waals surface area contributed by atoms with Crippen LogP contribution in [0, 0.1) is 0 Å². The maximum absolute atomic E-state index is 5.91. The van der Waals surface area contributed by atoms with Gasteiger partial charge in [0.1, 0.15) is 0 Å². The summed E-state index contributed by atoms with van der Waals surface area (Å²) in [6.07, 6.45) is 3.68. The van der Waals surface area contributed by atoms with Crippen molar-refractivity contribution in [2.75, 3.05) is 0 Å². The Hall–Kier alpha value is -1.48. The van der Waals surface area contributed by atoms with Gasteiger partial charge in [0.15, 0.2) is 5.75 Å². The number of rotatable bonds is 3. The Labute approximate surface area is 99.6 Å². The number of ether oxygens (including phenoxy) is 1. The lowest BCUT2D eigenvalue weighted by atomic mass is 10.3. The average Bonchev–Trinajstić information content (AvgIpc) is 2.65. The minimum absolute atomic E-state index is 0.150. The second-order valence-corrected chi connectivity index (χ2v) is 4.20. The Balaban J connectivity index is 2.24. The van der Waals surface area contributed by atoms with Crippen LogP contribution in [0.3, 0.4) is 0 Å². The van der Waals surface area contributed by atoms with Crippen LogP contribution in [0.25, 0.3) is 5.69 Å². The molecule has 0 aliphatic heterocycles. The highest BCUT2D eigenvalue weighted by Crippen LogP contribution is 2.17. The van der Waals surface area contributed by atoms with Gasteiger partial charge in [0.25, 0.3) is 0 Å². The summed E-state index contributed by atoms with van der Waals surface area (Å²) in [5.74, 6) is 0.759. The Kier molecular flexibility index (Phi) is 3.15. The van der Waals surface area contributed by atoms with Gasteiger partial charge in [-0.3, -0.25) is 0 Å². The Bertz CT molecular complexity index is 479. The first-order valence-corrected chi connectivity index (χ1v) is 5.50. The molecule has 1 heterocycles. The van der Waals surface area contributed by atoms with Crippen molar-refractivity contribution in [3.63, 3.8) is 0 Å². The van der Waals surface area contributed by atoms with Gasteiger partial charge >= 0.3 is 0 Å². The molecule has 0 saturated carbocycles. The molecule has 0 spiro atoms. The lowest BCUT2D eigenvalue weighted by molar-refractivity contribution is 0.242. The van der Waals surface area contributed by atoms with Gasteiger partial charge in [-0.15, -0.1) is 0 Å². The zero-order valence-electron chi connectivity index (χ0n) is 9.22. The van der Waals surface area contributed by atoms with Crippen LogP contribution >= 0.6 is 11.6 Å². The van der Waals surface area contributed by atoms with E-state index in [1.54, 1.807) is 10.9 Å². The largest absolute Gasteiger partial charge is 0.488 e. The number of hydrogen-bond donors (Lipinski definition) is 0. The summed E-state index contributed by atoms with van der Waals surface area (Å²) in [6.45, 7) is 3.97. The molecule has 84 valence electrons. The van der Waals surface area contributed by atoms with Gasteiger partial charge in [-0.05, 0) is 32.0 Å². The van der Waals surface area contributed by atoms with Crippen LogP contribution < -0.4 is 4.74 Å². The van der Waals surface area contributed by atoms with E-state index in [1.807, 2.05) is 44.3 Å². The van der Waals surface area contributed by atoms with E-state index in [4.69, 9.17) is 16.3 Å². The first kappa shape index (κ1) is 11.0. The Morgan fingerprint density at radius 1 is 1.38 bits per heavy atom. The fraction of sp³-hybridized carbons (Fsp3) is 0.250. The van der Waals surface area contributed by atoms with Crippen molar-refractivity contribution in [2.24, 2.45) is 0 Å². The van der Waals surface area contributed by atoms with Gasteiger partial charge < -0.3 is 4.74 Å². The molecular formula is C12H13ClN2O. The van der Waals surface area contributed by atoms with E-state index in [9.17, 15) is 0 Å². The third kappa shape index (κ3) is 2.55. The van der Waals surface area contributed by atoms with Crippen molar-refractivity contribution in [2.45, 2.75) is 20.0 Å². The topological polar surface area (TPSA) is 27.1 Å². The van der Waals surface area contributed by atoms with E-state index < -0.39 is 0 Å². The van der Waals surface area contributed by atoms with Gasteiger partial charge in [0.2, 0.25) is 0 Å². The van der Waals surface area contributed by atoms with Crippen molar-refractivity contribution in [3.8, 4) is 11.4 Å². The lowest BCUT2D eigenvalue weighted by Crippen LogP contribution is -2.04. The summed E-state index contributed by atoms with van der Waals surface area (Å²) in [7, 11) is 0. The molecule has 1 aromatic carbocycles. The van der Waals surface area contributed by atoms with E-state index in [-0.39, 0.29) is 6.10 Å². The number of nitrogens with zero attached hydrogens (tertiary/aromatic N) is 2. The highest BCUT2D eigenvalue weighted by Gasteiger charge is 2.03. The van der Waals surface area contributed by atoms with Gasteiger partial charge in [-0.2, -0.15) is 5.10 Å². The molecule has 0 aliphatic carbocycles. The molecule has 0 amide bonds. The van der Waals surface area contributed by atoms with Gasteiger partial charge in [-0.25, -0.2) is 4.68 Å². The van der Waals surface area contributed by atoms with Crippen LogP contribution in [0.2, 0.25) is 5.02 Å². The molecule has 2 rings (SSSR count). The second-order valence-electron chi connectivity index (χ2n) is 3.77. The number of benzene rings is 1. The summed E-state index contributed by atoms with van der Waals surface area (Å²) >= 11 is 5.91. The molecule has 4 heteroatoms. The average molecular weight is 237 g/mol. The van der Waals surface area contributed by atoms with Gasteiger partial charge in [0.05, 0.1) is 24.2 Å². The van der Waals surface area contributed by atoms with Crippen molar-refractivity contribution < 1.29 is 4.74 Å². The SMILES string of the molecule is CC(C)Oc1cnn(-c2cccc(Cl)c2)c1. The van der Waals surface area contributed by atoms with E-state index in [1.165, 1.54) is 0 Å². The molecule has 0 atom stereocenters. The minimum Gasteiger partial charge on any atom is -0.488 e. The molecule has 0 N–H and O–H groups in total. The molecule has 16 heavy (non-hydrogen) atoms. The molecule has 0 unspecified atom stereocenters. The first-order valence-electron chi connectivity index (χ1n) is 5.12. The van der Waals surface area contributed by atoms with Gasteiger partial charge in [0, 0.05) is 5.02 Å². The summed E-state index contributed by atoms with van der Waals surface area (Å²) in [6, 6.07) is 7.52. The molecule has 0 aliphatic rings. The molecular weight excluding hydrogens is 224 g/mol. The highest BCUT2D eigenvalue weighted by molar-refractivity contribution is 6.30. The number of halogens is 1. The van der Waals surface area contributed by atoms with E-state index in [0.29, 0.717) is 5.02 Å². The molecule has 0 radical (unpaired) electrons. The van der Waals surface area contributed by atoms with E-state index in [0.717, 1.165) is 11.4 Å². The summed E-state index contributed by atoms with van der Waals surface area (Å²) in [4.78, 5) is 0. The number of hydrogen-bond acceptors (Lipinski definition) is 2. The summed E-state index contributed by atoms with van der Waals surface area (Å²) in [5, 5.41) is 4.91. The predicted molar refractivity (Wildman–Crippen MR) is 64.3 cm³/mol. The molecule has 0 bridgehead atoms. The lowest BCUT2D eigenvalue weighted by Gasteiger charge is -2.05. The quantitative estimate of drug-likeness (QED) is 0.818. The fourth-order valence-electron chi connectivity index (χ4n) is 1.40. The molecule has 2 aromatic rings. The molecule has 3 nitrogen and oxygen atoms in total. The summed E-state index contributed by atoms with van der Waals surface area (Å²) < 4.78 is 7.27. The minimum atomic E-state index is 0.150. The Morgan fingerprint density at radius 2 is 2.19 bits per heavy atom. The van der Waals surface area contributed by atoms with E-state index in [2.05, 4.69) is 5.10 Å². The zero-order valence-corrected chi connectivity index (χ0v) is 9.98. The van der Waals surface area contributed by atoms with Crippen molar-refractivity contribution in [1.82, 2.24) is 9.78 Å². The molecule has 1 aromatic heterocycles. The summed E-state index contributed by atoms with van der Waals surface area (Å²) in [5.41, 5.74) is 0.922. The normalized spacial score (nSPS) is 10.8. The Morgan fingerprint density at radius 3 is 2.88 bits per heavy atom. The highest BCUT2D eigenvalue weighted by atomic mass is 35.5. The third-order valence-electron chi connectivity index (χ3n) is 2.00. The monoisotopic (exact) mass is 236 g/mol. The fourth-order valence-corrected chi connectivity index (χ4v) is 1.58.